The zero-order chi connectivity index (χ0) is 15.4. The average Bonchev–Trinajstić information content (AvgIpc) is 2.57. The number of pyridine rings is 1. The lowest BCUT2D eigenvalue weighted by molar-refractivity contribution is 0.164. The maximum atomic E-state index is 13.6. The van der Waals surface area contributed by atoms with Crippen LogP contribution in [0.3, 0.4) is 0 Å². The number of ether oxygens (including phenoxy) is 1. The van der Waals surface area contributed by atoms with Gasteiger partial charge < -0.3 is 9.64 Å². The van der Waals surface area contributed by atoms with Gasteiger partial charge >= 0.3 is 0 Å². The fourth-order valence-corrected chi connectivity index (χ4v) is 2.42. The molecule has 1 aliphatic rings. The zero-order valence-corrected chi connectivity index (χ0v) is 11.8. The number of hydrogen-bond donors (Lipinski definition) is 0. The lowest BCUT2D eigenvalue weighted by Crippen LogP contribution is -2.42. The van der Waals surface area contributed by atoms with E-state index in [2.05, 4.69) is 15.0 Å². The summed E-state index contributed by atoms with van der Waals surface area (Å²) in [5.41, 5.74) is 0.274. The molecule has 0 aromatic carbocycles. The van der Waals surface area contributed by atoms with Gasteiger partial charge in [0.25, 0.3) is 5.88 Å². The highest BCUT2D eigenvalue weighted by atomic mass is 19.1. The molecule has 2 aromatic rings. The van der Waals surface area contributed by atoms with Crippen LogP contribution in [-0.2, 0) is 0 Å². The molecule has 0 amide bonds. The number of rotatable bonds is 3. The Balaban J connectivity index is 1.71. The molecule has 112 valence electrons. The Labute approximate surface area is 127 Å². The van der Waals surface area contributed by atoms with Gasteiger partial charge in [0.05, 0.1) is 18.9 Å². The van der Waals surface area contributed by atoms with Crippen LogP contribution in [0.5, 0.6) is 5.88 Å². The highest BCUT2D eigenvalue weighted by Crippen LogP contribution is 2.22. The molecule has 7 heteroatoms. The van der Waals surface area contributed by atoms with E-state index in [1.165, 1.54) is 24.5 Å². The van der Waals surface area contributed by atoms with Crippen LogP contribution < -0.4 is 9.64 Å². The molecule has 1 atom stereocenters. The van der Waals surface area contributed by atoms with E-state index in [-0.39, 0.29) is 17.7 Å². The van der Waals surface area contributed by atoms with Crippen molar-refractivity contribution in [3.8, 4) is 11.9 Å². The van der Waals surface area contributed by atoms with Crippen LogP contribution in [0.1, 0.15) is 18.5 Å². The summed E-state index contributed by atoms with van der Waals surface area (Å²) >= 11 is 0. The van der Waals surface area contributed by atoms with Gasteiger partial charge in [0.2, 0.25) is 0 Å². The first-order chi connectivity index (χ1) is 10.8. The summed E-state index contributed by atoms with van der Waals surface area (Å²) in [5.74, 6) is 0.186. The SMILES string of the molecule is N#Cc1cncc(N2CCCC(Oc3ncccc3F)C2)n1. The Kier molecular flexibility index (Phi) is 4.10. The minimum Gasteiger partial charge on any atom is -0.470 e. The molecule has 0 bridgehead atoms. The highest BCUT2D eigenvalue weighted by molar-refractivity contribution is 5.39. The Bertz CT molecular complexity index is 702. The summed E-state index contributed by atoms with van der Waals surface area (Å²) in [7, 11) is 0. The molecular weight excluding hydrogens is 285 g/mol. The number of anilines is 1. The van der Waals surface area contributed by atoms with Gasteiger partial charge in [-0.3, -0.25) is 4.98 Å². The average molecular weight is 299 g/mol. The first-order valence-corrected chi connectivity index (χ1v) is 7.00. The molecule has 6 nitrogen and oxygen atoms in total. The fraction of sp³-hybridized carbons (Fsp3) is 0.333. The second-order valence-electron chi connectivity index (χ2n) is 4.99. The van der Waals surface area contributed by atoms with Crippen LogP contribution >= 0.6 is 0 Å². The summed E-state index contributed by atoms with van der Waals surface area (Å²) < 4.78 is 19.3. The molecule has 0 aliphatic carbocycles. The summed E-state index contributed by atoms with van der Waals surface area (Å²) in [6.07, 6.45) is 6.07. The third-order valence-corrected chi connectivity index (χ3v) is 3.44. The van der Waals surface area contributed by atoms with Gasteiger partial charge in [-0.25, -0.2) is 14.4 Å². The van der Waals surface area contributed by atoms with E-state index >= 15 is 0 Å². The van der Waals surface area contributed by atoms with E-state index < -0.39 is 5.82 Å². The van der Waals surface area contributed by atoms with E-state index in [0.29, 0.717) is 12.4 Å². The number of piperidine rings is 1. The number of nitriles is 1. The van der Waals surface area contributed by atoms with Crippen molar-refractivity contribution < 1.29 is 9.13 Å². The summed E-state index contributed by atoms with van der Waals surface area (Å²) in [4.78, 5) is 14.1. The Morgan fingerprint density at radius 2 is 2.32 bits per heavy atom. The van der Waals surface area contributed by atoms with Crippen molar-refractivity contribution in [1.82, 2.24) is 15.0 Å². The standard InChI is InChI=1S/C15H14FN5O/c16-13-4-1-5-19-15(13)22-12-3-2-6-21(10-12)14-9-18-8-11(7-17)20-14/h1,4-5,8-9,12H,2-3,6,10H2. The van der Waals surface area contributed by atoms with Gasteiger partial charge in [0.15, 0.2) is 11.5 Å². The van der Waals surface area contributed by atoms with Crippen LogP contribution in [-0.4, -0.2) is 34.1 Å². The topological polar surface area (TPSA) is 74.9 Å². The van der Waals surface area contributed by atoms with Crippen molar-refractivity contribution in [1.29, 1.82) is 5.26 Å². The molecule has 1 saturated heterocycles. The summed E-state index contributed by atoms with van der Waals surface area (Å²) in [6, 6.07) is 4.82. The molecule has 1 aliphatic heterocycles. The first kappa shape index (κ1) is 14.2. The van der Waals surface area contributed by atoms with Gasteiger partial charge in [-0.05, 0) is 25.0 Å². The molecule has 0 saturated carbocycles. The van der Waals surface area contributed by atoms with Gasteiger partial charge in [-0.2, -0.15) is 5.26 Å². The van der Waals surface area contributed by atoms with Crippen LogP contribution in [0, 0.1) is 17.1 Å². The lowest BCUT2D eigenvalue weighted by Gasteiger charge is -2.33. The van der Waals surface area contributed by atoms with Crippen molar-refractivity contribution in [3.63, 3.8) is 0 Å². The summed E-state index contributed by atoms with van der Waals surface area (Å²) in [5, 5.41) is 8.89. The second-order valence-corrected chi connectivity index (χ2v) is 4.99. The minimum absolute atomic E-state index is 0.0196. The van der Waals surface area contributed by atoms with E-state index in [0.717, 1.165) is 19.4 Å². The molecule has 22 heavy (non-hydrogen) atoms. The predicted molar refractivity (Wildman–Crippen MR) is 76.8 cm³/mol. The second kappa shape index (κ2) is 6.35. The molecule has 0 spiro atoms. The molecule has 0 radical (unpaired) electrons. The number of halogens is 1. The third kappa shape index (κ3) is 3.11. The predicted octanol–water partition coefficient (Wildman–Crippen LogP) is 1.93. The Morgan fingerprint density at radius 3 is 3.14 bits per heavy atom. The molecule has 3 heterocycles. The van der Waals surface area contributed by atoms with E-state index in [4.69, 9.17) is 10.00 Å². The third-order valence-electron chi connectivity index (χ3n) is 3.44. The molecular formula is C15H14FN5O. The quantitative estimate of drug-likeness (QED) is 0.862. The van der Waals surface area contributed by atoms with Crippen LogP contribution in [0.25, 0.3) is 0 Å². The smallest absolute Gasteiger partial charge is 0.250 e. The van der Waals surface area contributed by atoms with Crippen LogP contribution in [0.15, 0.2) is 30.7 Å². The monoisotopic (exact) mass is 299 g/mol. The van der Waals surface area contributed by atoms with Crippen molar-refractivity contribution in [2.24, 2.45) is 0 Å². The zero-order valence-electron chi connectivity index (χ0n) is 11.8. The molecule has 0 N–H and O–H groups in total. The largest absolute Gasteiger partial charge is 0.470 e. The van der Waals surface area contributed by atoms with Crippen molar-refractivity contribution in [2.75, 3.05) is 18.0 Å². The normalized spacial score (nSPS) is 17.8. The molecule has 3 rings (SSSR count). The van der Waals surface area contributed by atoms with Crippen LogP contribution in [0.4, 0.5) is 10.2 Å². The van der Waals surface area contributed by atoms with Crippen molar-refractivity contribution in [2.45, 2.75) is 18.9 Å². The Hall–Kier alpha value is -2.75. The maximum Gasteiger partial charge on any atom is 0.250 e. The van der Waals surface area contributed by atoms with Gasteiger partial charge in [0, 0.05) is 12.7 Å². The number of aromatic nitrogens is 3. The summed E-state index contributed by atoms with van der Waals surface area (Å²) in [6.45, 7) is 1.35. The molecule has 1 unspecified atom stereocenters. The lowest BCUT2D eigenvalue weighted by atomic mass is 10.1. The van der Waals surface area contributed by atoms with Gasteiger partial charge in [-0.15, -0.1) is 0 Å². The minimum atomic E-state index is -0.467. The first-order valence-electron chi connectivity index (χ1n) is 7.00. The van der Waals surface area contributed by atoms with Gasteiger partial charge in [0.1, 0.15) is 18.0 Å². The molecule has 2 aromatic heterocycles. The molecule has 1 fully saturated rings. The Morgan fingerprint density at radius 1 is 1.41 bits per heavy atom. The van der Waals surface area contributed by atoms with E-state index in [9.17, 15) is 4.39 Å². The number of hydrogen-bond acceptors (Lipinski definition) is 6. The maximum absolute atomic E-state index is 13.6. The van der Waals surface area contributed by atoms with E-state index in [1.807, 2.05) is 11.0 Å². The van der Waals surface area contributed by atoms with Crippen molar-refractivity contribution in [3.05, 3.63) is 42.2 Å². The van der Waals surface area contributed by atoms with E-state index in [1.54, 1.807) is 6.20 Å². The highest BCUT2D eigenvalue weighted by Gasteiger charge is 2.24. The van der Waals surface area contributed by atoms with Gasteiger partial charge in [-0.1, -0.05) is 0 Å². The van der Waals surface area contributed by atoms with Crippen LogP contribution in [0.2, 0.25) is 0 Å². The fourth-order valence-electron chi connectivity index (χ4n) is 2.42. The van der Waals surface area contributed by atoms with Crippen molar-refractivity contribution >= 4 is 5.82 Å². The number of nitrogens with zero attached hydrogens (tertiary/aromatic N) is 5.